The number of ether oxygens (including phenoxy) is 6. The Hall–Kier alpha value is -7.38. The normalized spacial score (nSPS) is 24.2. The van der Waals surface area contributed by atoms with Crippen LogP contribution in [0.15, 0.2) is 71.1 Å². The Kier molecular flexibility index (Phi) is 20.7. The van der Waals surface area contributed by atoms with Gasteiger partial charge in [-0.15, -0.1) is 0 Å². The average Bonchev–Trinajstić information content (AvgIpc) is 0.681. The third-order valence-electron chi connectivity index (χ3n) is 21.0. The second kappa shape index (κ2) is 25.8. The molecule has 4 aliphatic rings. The minimum atomic E-state index is -2.28. The van der Waals surface area contributed by atoms with E-state index in [1.165, 1.54) is 54.8 Å². The molecule has 10 N–H and O–H groups in total. The van der Waals surface area contributed by atoms with Crippen molar-refractivity contribution in [1.29, 1.82) is 0 Å². The van der Waals surface area contributed by atoms with Gasteiger partial charge in [0.15, 0.2) is 11.6 Å². The third kappa shape index (κ3) is 13.2. The van der Waals surface area contributed by atoms with Gasteiger partial charge >= 0.3 is 0 Å². The highest BCUT2D eigenvalue weighted by atomic mass is 16.5. The van der Waals surface area contributed by atoms with Crippen molar-refractivity contribution in [2.45, 2.75) is 251 Å². The maximum absolute atomic E-state index is 16.9. The molecule has 4 aromatic rings. The van der Waals surface area contributed by atoms with Crippen LogP contribution in [0.4, 0.5) is 0 Å². The summed E-state index contributed by atoms with van der Waals surface area (Å²) in [6.07, 6.45) is 3.52. The molecule has 0 fully saturated rings. The number of Topliss-reactive ketones (excluding diaryl/α,β-unsaturated/α-hetero) is 1. The Bertz CT molecular complexity index is 3890. The van der Waals surface area contributed by atoms with Crippen LogP contribution >= 0.6 is 0 Å². The number of phenolic OH excluding ortho intramolecular Hbond substituents is 8. The zero-order chi connectivity index (χ0) is 76.6. The first-order valence-electron chi connectivity index (χ1n) is 34.3. The molecule has 100 heavy (non-hydrogen) atoms. The number of carbonyl (C=O) groups is 2. The molecule has 0 spiro atoms. The van der Waals surface area contributed by atoms with Gasteiger partial charge in [-0.1, -0.05) is 166 Å². The van der Waals surface area contributed by atoms with Gasteiger partial charge in [0, 0.05) is 97.4 Å². The average molecular weight is 1390 g/mol. The predicted molar refractivity (Wildman–Crippen MR) is 388 cm³/mol. The molecule has 0 saturated heterocycles. The molecule has 4 aliphatic carbocycles. The number of carbonyl (C=O) groups excluding carboxylic acids is 2. The summed E-state index contributed by atoms with van der Waals surface area (Å²) in [6.45, 7) is 46.0. The van der Waals surface area contributed by atoms with Crippen molar-refractivity contribution in [2.24, 2.45) is 17.8 Å². The number of phenols is 8. The molecule has 7 unspecified atom stereocenters. The first-order chi connectivity index (χ1) is 45.3. The number of aliphatic hydroxyl groups is 2. The van der Waals surface area contributed by atoms with Gasteiger partial charge in [0.2, 0.25) is 0 Å². The van der Waals surface area contributed by atoms with Crippen LogP contribution < -0.4 is 0 Å². The van der Waals surface area contributed by atoms with E-state index in [1.807, 2.05) is 166 Å². The molecule has 18 heteroatoms. The van der Waals surface area contributed by atoms with E-state index in [1.54, 1.807) is 30.3 Å². The van der Waals surface area contributed by atoms with E-state index in [2.05, 4.69) is 0 Å². The number of rotatable bonds is 12. The predicted octanol–water partition coefficient (Wildman–Crippen LogP) is 16.7. The highest BCUT2D eigenvalue weighted by Crippen LogP contribution is 2.69. The number of methoxy groups -OCH3 is 6. The van der Waals surface area contributed by atoms with Gasteiger partial charge < -0.3 is 79.5 Å². The summed E-state index contributed by atoms with van der Waals surface area (Å²) in [4.78, 5) is 26.8. The van der Waals surface area contributed by atoms with Crippen molar-refractivity contribution in [3.05, 3.63) is 138 Å². The van der Waals surface area contributed by atoms with Crippen LogP contribution in [0.3, 0.4) is 0 Å². The topological polar surface area (TPSA) is 292 Å². The van der Waals surface area contributed by atoms with Crippen LogP contribution in [0.5, 0.6) is 46.0 Å². The van der Waals surface area contributed by atoms with Crippen LogP contribution in [-0.4, -0.2) is 105 Å². The van der Waals surface area contributed by atoms with E-state index in [0.29, 0.717) is 44.5 Å². The molecule has 0 heterocycles. The van der Waals surface area contributed by atoms with Crippen molar-refractivity contribution < 1.29 is 89.1 Å². The Morgan fingerprint density at radius 2 is 0.610 bits per heavy atom. The van der Waals surface area contributed by atoms with Crippen LogP contribution in [0.25, 0.3) is 0 Å². The monoisotopic (exact) mass is 1390 g/mol. The lowest BCUT2D eigenvalue weighted by atomic mass is 9.54. The maximum Gasteiger partial charge on any atom is 0.174 e. The summed E-state index contributed by atoms with van der Waals surface area (Å²) in [6, 6.07) is 7.03. The minimum Gasteiger partial charge on any atom is -0.512 e. The Balaban J connectivity index is 0.00000222. The van der Waals surface area contributed by atoms with Crippen LogP contribution in [0.1, 0.15) is 252 Å². The third-order valence-corrected chi connectivity index (χ3v) is 21.0. The minimum absolute atomic E-state index is 0.0208. The van der Waals surface area contributed by atoms with Gasteiger partial charge in [-0.05, 0) is 79.7 Å². The fourth-order valence-electron chi connectivity index (χ4n) is 15.5. The number of hydrogen-bond acceptors (Lipinski definition) is 18. The van der Waals surface area contributed by atoms with E-state index in [4.69, 9.17) is 33.5 Å². The molecule has 0 aromatic heterocycles. The van der Waals surface area contributed by atoms with E-state index < -0.39 is 131 Å². The molecule has 0 saturated carbocycles. The van der Waals surface area contributed by atoms with E-state index >= 15 is 4.79 Å². The molecule has 8 rings (SSSR count). The molecule has 7 atom stereocenters. The van der Waals surface area contributed by atoms with Gasteiger partial charge in [-0.2, -0.15) is 0 Å². The number of aromatic hydroxyl groups is 8. The highest BCUT2D eigenvalue weighted by Gasteiger charge is 2.69. The first kappa shape index (κ1) is 79.9. The quantitative estimate of drug-likeness (QED) is 0.0631. The zero-order valence-electron chi connectivity index (χ0n) is 65.1. The van der Waals surface area contributed by atoms with Crippen LogP contribution in [0, 0.1) is 17.8 Å². The van der Waals surface area contributed by atoms with E-state index in [0.717, 1.165) is 0 Å². The standard InChI is InChI=1S/C78H112O16.C4H4O2/c1-67(2,3)39-31-40(68(4,5)6)58(80)53(57(39)79)75(91-27)35-47(89-25)51(77(37-75,93-29)55-61(83)43(71(13,14)15)33-44(62(55)84)72(16,17)18)49-65(87)50(66(49)88)52-48(90-26)36-76(92-28,54-59(81)41(69(7,8)9)32-42(60(54)82)70(10,11)12)38-78(52,94-30)56-63(85)45(73(19,20)21)34-46(64(56)86)74(22,23)24;5-3-1-4(6)2-3/h31-36,49,51-52,79-87H,37-38H2,1-30H3;1,5H,2H2. The van der Waals surface area contributed by atoms with Crippen LogP contribution in [-0.2, 0) is 104 Å². The number of aliphatic hydroxyl groups excluding tert-OH is 2. The maximum atomic E-state index is 16.9. The van der Waals surface area contributed by atoms with Gasteiger partial charge in [0.05, 0.1) is 60.6 Å². The van der Waals surface area contributed by atoms with Crippen LogP contribution in [0.2, 0.25) is 0 Å². The summed E-state index contributed by atoms with van der Waals surface area (Å²) in [5, 5.41) is 127. The SMILES string of the molecule is COC1=CC(OC)(c2c(O)c(C(C)(C)C)cc(C(C)(C)C)c2O)CC(OC)(c2c(O)c(C(C)(C)C)cc(C(C)(C)C)c2O)C1C1=C(O)C(C2C(OC)=CC(OC)(c3c(O)c(C(C)(C)C)cc(C(C)(C)C)c3O)CC2(OC)c2c(O)c(C(C)(C)C)cc(C(C)(C)C)c2O)C1=O.O=C1C=C(O)C1. The molecule has 0 radical (unpaired) electrons. The lowest BCUT2D eigenvalue weighted by molar-refractivity contribution is -0.164. The molecule has 0 bridgehead atoms. The zero-order valence-corrected chi connectivity index (χ0v) is 65.1. The number of allylic oxidation sites excluding steroid dienone is 3. The molecular weight excluding hydrogens is 1270 g/mol. The summed E-state index contributed by atoms with van der Waals surface area (Å²) >= 11 is 0. The summed E-state index contributed by atoms with van der Waals surface area (Å²) < 4.78 is 40.5. The summed E-state index contributed by atoms with van der Waals surface area (Å²) in [5.41, 5.74) is -12.2. The fourth-order valence-corrected chi connectivity index (χ4v) is 15.5. The van der Waals surface area contributed by atoms with Gasteiger partial charge in [0.1, 0.15) is 91.4 Å². The van der Waals surface area contributed by atoms with Crippen molar-refractivity contribution in [3.63, 3.8) is 0 Å². The molecule has 4 aromatic carbocycles. The second-order valence-electron chi connectivity index (χ2n) is 36.2. The Labute approximate surface area is 593 Å². The Morgan fingerprint density at radius 1 is 0.360 bits per heavy atom. The molecule has 0 amide bonds. The number of benzene rings is 4. The van der Waals surface area contributed by atoms with Crippen molar-refractivity contribution in [2.75, 3.05) is 42.7 Å². The number of ketones is 2. The lowest BCUT2D eigenvalue weighted by Gasteiger charge is -2.55. The molecular formula is C82H116O18. The van der Waals surface area contributed by atoms with Gasteiger partial charge in [-0.25, -0.2) is 0 Å². The lowest BCUT2D eigenvalue weighted by Crippen LogP contribution is -2.58. The van der Waals surface area contributed by atoms with E-state index in [-0.39, 0.29) is 80.3 Å². The summed E-state index contributed by atoms with van der Waals surface area (Å²) in [5.74, 6) is -9.08. The van der Waals surface area contributed by atoms with Crippen molar-refractivity contribution in [1.82, 2.24) is 0 Å². The number of hydrogen-bond donors (Lipinski definition) is 10. The first-order valence-corrected chi connectivity index (χ1v) is 34.3. The molecule has 552 valence electrons. The summed E-state index contributed by atoms with van der Waals surface area (Å²) in [7, 11) is 8.16. The fraction of sp³-hybridized carbons (Fsp3) is 0.585. The van der Waals surface area contributed by atoms with Gasteiger partial charge in [0.25, 0.3) is 0 Å². The van der Waals surface area contributed by atoms with Crippen molar-refractivity contribution >= 4 is 11.6 Å². The smallest absolute Gasteiger partial charge is 0.174 e. The Morgan fingerprint density at radius 3 is 0.820 bits per heavy atom. The van der Waals surface area contributed by atoms with Gasteiger partial charge in [-0.3, -0.25) is 9.59 Å². The highest BCUT2D eigenvalue weighted by molar-refractivity contribution is 6.08. The molecule has 0 aliphatic heterocycles. The van der Waals surface area contributed by atoms with E-state index in [9.17, 15) is 50.8 Å². The van der Waals surface area contributed by atoms with Crippen molar-refractivity contribution in [3.8, 4) is 46.0 Å². The largest absolute Gasteiger partial charge is 0.512 e. The second-order valence-corrected chi connectivity index (χ2v) is 36.2. The molecule has 18 nitrogen and oxygen atoms in total.